The summed E-state index contributed by atoms with van der Waals surface area (Å²) in [6, 6.07) is 1.74. The molecule has 0 unspecified atom stereocenters. The molecule has 1 rings (SSSR count). The number of carboxylic acid groups (broad SMARTS) is 1. The molecule has 4 heteroatoms. The van der Waals surface area contributed by atoms with Gasteiger partial charge in [0, 0.05) is 10.3 Å². The summed E-state index contributed by atoms with van der Waals surface area (Å²) in [6.45, 7) is 2.15. The molecule has 0 fully saturated rings. The highest BCUT2D eigenvalue weighted by molar-refractivity contribution is 7.99. The fourth-order valence-corrected chi connectivity index (χ4v) is 2.81. The van der Waals surface area contributed by atoms with Crippen molar-refractivity contribution in [1.82, 2.24) is 0 Å². The Morgan fingerprint density at radius 1 is 1.69 bits per heavy atom. The summed E-state index contributed by atoms with van der Waals surface area (Å²) in [5, 5.41) is 10.6. The fourth-order valence-electron chi connectivity index (χ4n) is 0.841. The zero-order valence-electron chi connectivity index (χ0n) is 7.45. The summed E-state index contributed by atoms with van der Waals surface area (Å²) < 4.78 is 0. The summed E-state index contributed by atoms with van der Waals surface area (Å²) in [5.41, 5.74) is 0. The standard InChI is InChI=1S/C9H12O2S2/c1-2-3-4-12-7-5-8(9(10)11)13-6-7/h5-6H,2-4H2,1H3,(H,10,11). The number of rotatable bonds is 5. The predicted octanol–water partition coefficient (Wildman–Crippen LogP) is 3.34. The van der Waals surface area contributed by atoms with Crippen molar-refractivity contribution in [2.45, 2.75) is 24.7 Å². The minimum atomic E-state index is -0.827. The van der Waals surface area contributed by atoms with Crippen LogP contribution in [-0.2, 0) is 0 Å². The van der Waals surface area contributed by atoms with Crippen LogP contribution >= 0.6 is 23.1 Å². The second-order valence-electron chi connectivity index (χ2n) is 2.65. The van der Waals surface area contributed by atoms with E-state index in [1.54, 1.807) is 17.8 Å². The van der Waals surface area contributed by atoms with Gasteiger partial charge < -0.3 is 5.11 Å². The van der Waals surface area contributed by atoms with E-state index >= 15 is 0 Å². The van der Waals surface area contributed by atoms with E-state index in [4.69, 9.17) is 5.11 Å². The molecule has 1 aromatic heterocycles. The van der Waals surface area contributed by atoms with Gasteiger partial charge in [0.15, 0.2) is 0 Å². The highest BCUT2D eigenvalue weighted by Crippen LogP contribution is 2.25. The Labute approximate surface area is 86.0 Å². The molecule has 0 aliphatic carbocycles. The summed E-state index contributed by atoms with van der Waals surface area (Å²) in [4.78, 5) is 12.1. The van der Waals surface area contributed by atoms with Gasteiger partial charge in [-0.2, -0.15) is 0 Å². The minimum absolute atomic E-state index is 0.430. The van der Waals surface area contributed by atoms with E-state index in [2.05, 4.69) is 6.92 Å². The second-order valence-corrected chi connectivity index (χ2v) is 4.73. The molecule has 0 bridgehead atoms. The van der Waals surface area contributed by atoms with Crippen LogP contribution in [0.15, 0.2) is 16.3 Å². The van der Waals surface area contributed by atoms with Gasteiger partial charge in [-0.25, -0.2) is 4.79 Å². The van der Waals surface area contributed by atoms with Crippen molar-refractivity contribution in [3.8, 4) is 0 Å². The molecule has 0 saturated heterocycles. The molecule has 13 heavy (non-hydrogen) atoms. The van der Waals surface area contributed by atoms with E-state index in [9.17, 15) is 4.79 Å². The lowest BCUT2D eigenvalue weighted by molar-refractivity contribution is 0.0702. The molecule has 0 aromatic carbocycles. The van der Waals surface area contributed by atoms with Gasteiger partial charge in [-0.15, -0.1) is 23.1 Å². The van der Waals surface area contributed by atoms with E-state index in [1.807, 2.05) is 5.38 Å². The Morgan fingerprint density at radius 2 is 2.46 bits per heavy atom. The molecular weight excluding hydrogens is 204 g/mol. The second kappa shape index (κ2) is 5.29. The number of thioether (sulfide) groups is 1. The van der Waals surface area contributed by atoms with Crippen LogP contribution in [0, 0.1) is 0 Å². The zero-order valence-corrected chi connectivity index (χ0v) is 9.08. The molecule has 0 aliphatic heterocycles. The van der Waals surface area contributed by atoms with Crippen LogP contribution in [-0.4, -0.2) is 16.8 Å². The maximum atomic E-state index is 10.5. The van der Waals surface area contributed by atoms with Gasteiger partial charge in [0.2, 0.25) is 0 Å². The van der Waals surface area contributed by atoms with Gasteiger partial charge in [-0.1, -0.05) is 13.3 Å². The van der Waals surface area contributed by atoms with E-state index in [1.165, 1.54) is 24.2 Å². The number of carboxylic acids is 1. The van der Waals surface area contributed by atoms with Gasteiger partial charge in [-0.05, 0) is 18.2 Å². The monoisotopic (exact) mass is 216 g/mol. The van der Waals surface area contributed by atoms with Crippen molar-refractivity contribution in [2.75, 3.05) is 5.75 Å². The molecule has 72 valence electrons. The smallest absolute Gasteiger partial charge is 0.345 e. The van der Waals surface area contributed by atoms with Crippen LogP contribution in [0.4, 0.5) is 0 Å². The van der Waals surface area contributed by atoms with Crippen LogP contribution in [0.5, 0.6) is 0 Å². The highest BCUT2D eigenvalue weighted by Gasteiger charge is 2.06. The summed E-state index contributed by atoms with van der Waals surface area (Å²) in [6.07, 6.45) is 2.37. The molecule has 0 saturated carbocycles. The summed E-state index contributed by atoms with van der Waals surface area (Å²) in [7, 11) is 0. The first-order valence-corrected chi connectivity index (χ1v) is 6.05. The number of carbonyl (C=O) groups is 1. The van der Waals surface area contributed by atoms with Gasteiger partial charge >= 0.3 is 5.97 Å². The number of aromatic carboxylic acids is 1. The van der Waals surface area contributed by atoms with E-state index in [0.29, 0.717) is 4.88 Å². The van der Waals surface area contributed by atoms with Crippen LogP contribution < -0.4 is 0 Å². The van der Waals surface area contributed by atoms with Gasteiger partial charge in [0.1, 0.15) is 4.88 Å². The predicted molar refractivity (Wildman–Crippen MR) is 56.9 cm³/mol. The zero-order chi connectivity index (χ0) is 9.68. The third-order valence-corrected chi connectivity index (χ3v) is 3.68. The van der Waals surface area contributed by atoms with Crippen molar-refractivity contribution in [2.24, 2.45) is 0 Å². The van der Waals surface area contributed by atoms with E-state index < -0.39 is 5.97 Å². The molecule has 0 radical (unpaired) electrons. The SMILES string of the molecule is CCCCSc1csc(C(=O)O)c1. The lowest BCUT2D eigenvalue weighted by Crippen LogP contribution is -1.89. The first-order valence-electron chi connectivity index (χ1n) is 4.18. The number of thiophene rings is 1. The Hall–Kier alpha value is -0.480. The van der Waals surface area contributed by atoms with Crippen LogP contribution in [0.25, 0.3) is 0 Å². The molecule has 0 amide bonds. The number of hydrogen-bond acceptors (Lipinski definition) is 3. The first-order chi connectivity index (χ1) is 6.24. The van der Waals surface area contributed by atoms with Crippen molar-refractivity contribution in [1.29, 1.82) is 0 Å². The van der Waals surface area contributed by atoms with E-state index in [-0.39, 0.29) is 0 Å². The van der Waals surface area contributed by atoms with E-state index in [0.717, 1.165) is 10.6 Å². The quantitative estimate of drug-likeness (QED) is 0.606. The Kier molecular flexibility index (Phi) is 4.32. The van der Waals surface area contributed by atoms with Gasteiger partial charge in [0.25, 0.3) is 0 Å². The molecule has 0 atom stereocenters. The fraction of sp³-hybridized carbons (Fsp3) is 0.444. The average Bonchev–Trinajstić information content (AvgIpc) is 2.53. The normalized spacial score (nSPS) is 10.2. The highest BCUT2D eigenvalue weighted by atomic mass is 32.2. The Balaban J connectivity index is 2.44. The Morgan fingerprint density at radius 3 is 3.00 bits per heavy atom. The third kappa shape index (κ3) is 3.40. The van der Waals surface area contributed by atoms with Crippen molar-refractivity contribution in [3.63, 3.8) is 0 Å². The third-order valence-electron chi connectivity index (χ3n) is 1.55. The lowest BCUT2D eigenvalue weighted by Gasteiger charge is -1.94. The topological polar surface area (TPSA) is 37.3 Å². The van der Waals surface area contributed by atoms with Crippen molar-refractivity contribution in [3.05, 3.63) is 16.3 Å². The Bertz CT molecular complexity index is 281. The molecule has 2 nitrogen and oxygen atoms in total. The minimum Gasteiger partial charge on any atom is -0.477 e. The van der Waals surface area contributed by atoms with Gasteiger partial charge in [-0.3, -0.25) is 0 Å². The lowest BCUT2D eigenvalue weighted by atomic mass is 10.4. The molecule has 1 aromatic rings. The van der Waals surface area contributed by atoms with Gasteiger partial charge in [0.05, 0.1) is 0 Å². The molecule has 1 N–H and O–H groups in total. The van der Waals surface area contributed by atoms with Crippen molar-refractivity contribution >= 4 is 29.1 Å². The molecule has 0 aliphatic rings. The average molecular weight is 216 g/mol. The number of unbranched alkanes of at least 4 members (excludes halogenated alkanes) is 1. The largest absolute Gasteiger partial charge is 0.477 e. The summed E-state index contributed by atoms with van der Waals surface area (Å²) >= 11 is 3.03. The molecule has 1 heterocycles. The molecular formula is C9H12O2S2. The van der Waals surface area contributed by atoms with Crippen molar-refractivity contribution < 1.29 is 9.90 Å². The van der Waals surface area contributed by atoms with Crippen LogP contribution in [0.3, 0.4) is 0 Å². The van der Waals surface area contributed by atoms with Crippen LogP contribution in [0.2, 0.25) is 0 Å². The summed E-state index contributed by atoms with van der Waals surface area (Å²) in [5.74, 6) is 0.249. The maximum absolute atomic E-state index is 10.5. The molecule has 0 spiro atoms. The first kappa shape index (κ1) is 10.6. The van der Waals surface area contributed by atoms with Crippen LogP contribution in [0.1, 0.15) is 29.4 Å². The maximum Gasteiger partial charge on any atom is 0.345 e. The number of hydrogen-bond donors (Lipinski definition) is 1.